The Bertz CT molecular complexity index is 3070. The number of rotatable bonds is 12. The summed E-state index contributed by atoms with van der Waals surface area (Å²) in [6.07, 6.45) is 8.72. The highest BCUT2D eigenvalue weighted by Crippen LogP contribution is 2.39. The predicted molar refractivity (Wildman–Crippen MR) is 288 cm³/mol. The van der Waals surface area contributed by atoms with Gasteiger partial charge in [0.25, 0.3) is 0 Å². The highest BCUT2D eigenvalue weighted by Gasteiger charge is 2.21. The molecule has 3 aromatic heterocycles. The third-order valence-electron chi connectivity index (χ3n) is 12.4. The Labute approximate surface area is 452 Å². The van der Waals surface area contributed by atoms with Crippen molar-refractivity contribution in [1.29, 1.82) is 0 Å². The molecular formula is C60H70Cl4N8. The molecule has 0 unspecified atom stereocenters. The van der Waals surface area contributed by atoms with Crippen molar-refractivity contribution < 1.29 is 67.6 Å². The summed E-state index contributed by atoms with van der Waals surface area (Å²) >= 11 is 0. The predicted octanol–water partition coefficient (Wildman–Crippen LogP) is 0.164. The summed E-state index contributed by atoms with van der Waals surface area (Å²) in [5, 5.41) is 0. The zero-order valence-corrected chi connectivity index (χ0v) is 46.9. The van der Waals surface area contributed by atoms with Crippen LogP contribution in [0.15, 0.2) is 121 Å². The maximum Gasteiger partial charge on any atom is 0.104 e. The van der Waals surface area contributed by atoms with E-state index in [-0.39, 0.29) is 49.6 Å². The van der Waals surface area contributed by atoms with Crippen LogP contribution in [-0.4, -0.2) is 122 Å². The van der Waals surface area contributed by atoms with Crippen molar-refractivity contribution in [2.24, 2.45) is 0 Å². The zero-order chi connectivity index (χ0) is 48.2. The Morgan fingerprint density at radius 3 is 0.736 bits per heavy atom. The number of halogens is 4. The minimum atomic E-state index is 0. The Balaban J connectivity index is 0.00000241. The number of aromatic amines is 2. The number of aromatic nitrogens is 4. The third kappa shape index (κ3) is 13.5. The van der Waals surface area contributed by atoms with Gasteiger partial charge in [-0.15, -0.1) is 0 Å². The summed E-state index contributed by atoms with van der Waals surface area (Å²) < 4.78 is 3.42. The Morgan fingerprint density at radius 1 is 0.278 bits per heavy atom. The summed E-state index contributed by atoms with van der Waals surface area (Å²) in [4.78, 5) is 19.1. The van der Waals surface area contributed by atoms with Gasteiger partial charge in [-0.25, -0.2) is 9.97 Å². The van der Waals surface area contributed by atoms with Crippen molar-refractivity contribution in [2.75, 3.05) is 84.6 Å². The fourth-order valence-electron chi connectivity index (χ4n) is 9.72. The van der Waals surface area contributed by atoms with Crippen molar-refractivity contribution in [3.05, 3.63) is 166 Å². The van der Waals surface area contributed by atoms with Gasteiger partial charge < -0.3 is 77.5 Å². The van der Waals surface area contributed by atoms with E-state index in [1.54, 1.807) is 0 Å². The van der Waals surface area contributed by atoms with Crippen LogP contribution in [0.5, 0.6) is 0 Å². The first kappa shape index (κ1) is 57.4. The van der Waals surface area contributed by atoms with Gasteiger partial charge in [0.1, 0.15) is 26.2 Å². The summed E-state index contributed by atoms with van der Waals surface area (Å²) in [5.74, 6) is 0. The molecule has 72 heavy (non-hydrogen) atoms. The quantitative estimate of drug-likeness (QED) is 0.172. The molecule has 0 saturated carbocycles. The average Bonchev–Trinajstić information content (AvgIpc) is 4.09. The SMILES string of the molecule is C[N+](C)(C)Cc1ccc(-c2c3nc(c(-c4ccc(C[N+](C)(C)C)cc4)c4ccc([nH]4)c(-c4ccc(C[N+](C)(C)C)cc4)c4ccc([nH]4)c(-c4ccc(C[N+](C)(C)C)cc4)c4nc2C=C4)C=C3)cc1.[Cl-].[Cl-].[Cl-].[Cl-]. The molecule has 0 aliphatic carbocycles. The van der Waals surface area contributed by atoms with Gasteiger partial charge in [0.15, 0.2) is 0 Å². The normalized spacial score (nSPS) is 12.4. The Hall–Kier alpha value is -5.52. The number of fused-ring (bicyclic) bond motifs is 8. The zero-order valence-electron chi connectivity index (χ0n) is 43.9. The molecule has 2 N–H and O–H groups in total. The molecular weight excluding hydrogens is 975 g/mol. The van der Waals surface area contributed by atoms with E-state index < -0.39 is 0 Å². The first-order chi connectivity index (χ1) is 32.1. The fourth-order valence-corrected chi connectivity index (χ4v) is 9.72. The Morgan fingerprint density at radius 2 is 0.486 bits per heavy atom. The van der Waals surface area contributed by atoms with Crippen molar-refractivity contribution in [3.8, 4) is 44.5 Å². The van der Waals surface area contributed by atoms with Gasteiger partial charge in [-0.05, 0) is 70.8 Å². The van der Waals surface area contributed by atoms with Crippen LogP contribution >= 0.6 is 0 Å². The van der Waals surface area contributed by atoms with Crippen LogP contribution in [0, 0.1) is 0 Å². The lowest BCUT2D eigenvalue weighted by Gasteiger charge is -2.24. The molecule has 0 fully saturated rings. The number of hydrogen-bond donors (Lipinski definition) is 2. The molecule has 0 radical (unpaired) electrons. The monoisotopic (exact) mass is 1040 g/mol. The van der Waals surface area contributed by atoms with E-state index in [0.717, 1.165) is 133 Å². The third-order valence-corrected chi connectivity index (χ3v) is 12.4. The lowest BCUT2D eigenvalue weighted by atomic mass is 10.0. The van der Waals surface area contributed by atoms with Gasteiger partial charge in [-0.3, -0.25) is 0 Å². The summed E-state index contributed by atoms with van der Waals surface area (Å²) in [6, 6.07) is 45.1. The molecule has 2 aliphatic rings. The molecule has 2 aliphatic heterocycles. The number of H-pyrrole nitrogens is 2. The van der Waals surface area contributed by atoms with Crippen LogP contribution in [0.25, 0.3) is 90.9 Å². The minimum Gasteiger partial charge on any atom is -1.00 e. The molecule has 8 nitrogen and oxygen atoms in total. The van der Waals surface area contributed by atoms with Crippen LogP contribution in [0.2, 0.25) is 0 Å². The van der Waals surface area contributed by atoms with E-state index >= 15 is 0 Å². The summed E-state index contributed by atoms with van der Waals surface area (Å²) in [7, 11) is 26.8. The van der Waals surface area contributed by atoms with Crippen LogP contribution in [0.1, 0.15) is 45.0 Å². The average molecular weight is 1050 g/mol. The van der Waals surface area contributed by atoms with E-state index in [9.17, 15) is 0 Å². The first-order valence-electron chi connectivity index (χ1n) is 23.9. The van der Waals surface area contributed by atoms with Gasteiger partial charge in [-0.2, -0.15) is 0 Å². The first-order valence-corrected chi connectivity index (χ1v) is 23.9. The van der Waals surface area contributed by atoms with Crippen molar-refractivity contribution in [2.45, 2.75) is 26.2 Å². The minimum absolute atomic E-state index is 0. The summed E-state index contributed by atoms with van der Waals surface area (Å²) in [6.45, 7) is 3.75. The molecule has 0 saturated heterocycles. The van der Waals surface area contributed by atoms with Crippen LogP contribution in [0.3, 0.4) is 0 Å². The van der Waals surface area contributed by atoms with Gasteiger partial charge in [0.05, 0.1) is 107 Å². The molecule has 9 rings (SSSR count). The number of quaternary nitrogens is 4. The lowest BCUT2D eigenvalue weighted by molar-refractivity contribution is -0.884. The molecule has 7 aromatic rings. The second-order valence-corrected chi connectivity index (χ2v) is 23.1. The molecule has 378 valence electrons. The largest absolute Gasteiger partial charge is 1.00 e. The molecule has 4 aromatic carbocycles. The number of benzene rings is 4. The van der Waals surface area contributed by atoms with Gasteiger partial charge >= 0.3 is 0 Å². The van der Waals surface area contributed by atoms with E-state index in [1.165, 1.54) is 22.3 Å². The molecule has 0 spiro atoms. The second-order valence-electron chi connectivity index (χ2n) is 23.1. The lowest BCUT2D eigenvalue weighted by Crippen LogP contribution is -3.00. The smallest absolute Gasteiger partial charge is 0.104 e. The fraction of sp³-hybridized carbons (Fsp3) is 0.267. The number of hydrogen-bond acceptors (Lipinski definition) is 2. The standard InChI is InChI=1S/C60H70N8.4ClH/c1-65(2,3)37-41-13-21-45(22-14-41)57-49-29-31-51(61-49)58(46-23-15-42(16-24-46)38-66(4,5)6)53-33-35-55(63-53)60(48-27-19-44(20-28-48)40-68(10,11)12)56-36-34-54(64-56)59(52-32-30-50(57)62-52)47-25-17-43(18-26-47)39-67(7,8)9;;;;/h13-36,61-62H,37-40H2,1-12H3;4*1H/q+4;;;;/p-4. The van der Waals surface area contributed by atoms with Gasteiger partial charge in [0, 0.05) is 66.6 Å². The van der Waals surface area contributed by atoms with E-state index in [4.69, 9.17) is 9.97 Å². The Kier molecular flexibility index (Phi) is 17.8. The molecule has 5 heterocycles. The topological polar surface area (TPSA) is 57.4 Å². The number of nitrogens with zero attached hydrogens (tertiary/aromatic N) is 6. The second kappa shape index (κ2) is 22.3. The maximum atomic E-state index is 5.57. The van der Waals surface area contributed by atoms with E-state index in [1.807, 2.05) is 0 Å². The van der Waals surface area contributed by atoms with E-state index in [2.05, 4.69) is 240 Å². The maximum absolute atomic E-state index is 5.57. The highest BCUT2D eigenvalue weighted by atomic mass is 35.5. The molecule has 0 atom stereocenters. The van der Waals surface area contributed by atoms with Crippen molar-refractivity contribution in [1.82, 2.24) is 19.9 Å². The number of nitrogens with one attached hydrogen (secondary N) is 2. The molecule has 12 heteroatoms. The van der Waals surface area contributed by atoms with Crippen molar-refractivity contribution >= 4 is 46.4 Å². The summed E-state index contributed by atoms with van der Waals surface area (Å²) in [5.41, 5.74) is 21.4. The molecule has 8 bridgehead atoms. The van der Waals surface area contributed by atoms with Gasteiger partial charge in [0.2, 0.25) is 0 Å². The van der Waals surface area contributed by atoms with Crippen molar-refractivity contribution in [3.63, 3.8) is 0 Å². The van der Waals surface area contributed by atoms with Crippen LogP contribution in [-0.2, 0) is 26.2 Å². The van der Waals surface area contributed by atoms with E-state index in [0.29, 0.717) is 0 Å². The van der Waals surface area contributed by atoms with Crippen LogP contribution in [0.4, 0.5) is 0 Å². The molecule has 0 amide bonds. The van der Waals surface area contributed by atoms with Crippen LogP contribution < -0.4 is 49.6 Å². The van der Waals surface area contributed by atoms with Gasteiger partial charge in [-0.1, -0.05) is 97.1 Å². The highest BCUT2D eigenvalue weighted by molar-refractivity contribution is 6.00.